The standard InChI is InChI=1S/C12H11N.BrH/c13-11-7-6-9-5-4-8-2-1-3-10(11)12(8)9;/h1-3,6-7H,4-5,13H2;1H. The maximum Gasteiger partial charge on any atom is 0.0394 e. The van der Waals surface area contributed by atoms with Crippen molar-refractivity contribution in [2.45, 2.75) is 12.8 Å². The Labute approximate surface area is 93.7 Å². The van der Waals surface area contributed by atoms with Gasteiger partial charge in [0.25, 0.3) is 0 Å². The minimum atomic E-state index is 0. The highest BCUT2D eigenvalue weighted by atomic mass is 79.9. The maximum atomic E-state index is 5.92. The van der Waals surface area contributed by atoms with E-state index in [2.05, 4.69) is 24.3 Å². The third-order valence-electron chi connectivity index (χ3n) is 2.91. The SMILES string of the molecule is Br.Nc1ccc2c3c(cccc13)CC2. The molecule has 0 saturated carbocycles. The van der Waals surface area contributed by atoms with Crippen molar-refractivity contribution in [1.82, 2.24) is 0 Å². The molecule has 3 rings (SSSR count). The number of hydrogen-bond acceptors (Lipinski definition) is 1. The molecule has 2 aromatic rings. The second-order valence-electron chi connectivity index (χ2n) is 3.65. The number of nitrogen functional groups attached to an aromatic ring is 1. The molecule has 2 N–H and O–H groups in total. The van der Waals surface area contributed by atoms with E-state index in [9.17, 15) is 0 Å². The lowest BCUT2D eigenvalue weighted by molar-refractivity contribution is 1.02. The van der Waals surface area contributed by atoms with Crippen molar-refractivity contribution >= 4 is 33.4 Å². The summed E-state index contributed by atoms with van der Waals surface area (Å²) in [5.74, 6) is 0. The molecule has 0 aliphatic heterocycles. The van der Waals surface area contributed by atoms with Crippen molar-refractivity contribution in [2.24, 2.45) is 0 Å². The first-order chi connectivity index (χ1) is 6.36. The third-order valence-corrected chi connectivity index (χ3v) is 2.91. The average Bonchev–Trinajstić information content (AvgIpc) is 2.57. The lowest BCUT2D eigenvalue weighted by Crippen LogP contribution is -1.88. The Morgan fingerprint density at radius 3 is 2.43 bits per heavy atom. The van der Waals surface area contributed by atoms with Crippen LogP contribution in [0.3, 0.4) is 0 Å². The fraction of sp³-hybridized carbons (Fsp3) is 0.167. The predicted molar refractivity (Wildman–Crippen MR) is 66.1 cm³/mol. The highest BCUT2D eigenvalue weighted by Crippen LogP contribution is 2.33. The van der Waals surface area contributed by atoms with E-state index >= 15 is 0 Å². The molecule has 0 atom stereocenters. The van der Waals surface area contributed by atoms with Gasteiger partial charge in [-0.05, 0) is 35.4 Å². The van der Waals surface area contributed by atoms with Crippen LogP contribution in [0.1, 0.15) is 11.1 Å². The van der Waals surface area contributed by atoms with Gasteiger partial charge in [-0.1, -0.05) is 24.3 Å². The molecule has 0 bridgehead atoms. The van der Waals surface area contributed by atoms with Gasteiger partial charge in [0.05, 0.1) is 0 Å². The van der Waals surface area contributed by atoms with E-state index in [0.29, 0.717) is 0 Å². The summed E-state index contributed by atoms with van der Waals surface area (Å²) in [5.41, 5.74) is 9.74. The van der Waals surface area contributed by atoms with Crippen LogP contribution in [0.25, 0.3) is 10.8 Å². The molecule has 1 aliphatic carbocycles. The summed E-state index contributed by atoms with van der Waals surface area (Å²) < 4.78 is 0. The first kappa shape index (κ1) is 9.53. The molecule has 72 valence electrons. The van der Waals surface area contributed by atoms with E-state index in [-0.39, 0.29) is 17.0 Å². The van der Waals surface area contributed by atoms with E-state index in [1.165, 1.54) is 34.7 Å². The van der Waals surface area contributed by atoms with Gasteiger partial charge in [0.15, 0.2) is 0 Å². The van der Waals surface area contributed by atoms with Crippen LogP contribution < -0.4 is 5.73 Å². The van der Waals surface area contributed by atoms with Crippen LogP contribution in [-0.2, 0) is 12.8 Å². The van der Waals surface area contributed by atoms with Gasteiger partial charge in [-0.25, -0.2) is 0 Å². The topological polar surface area (TPSA) is 26.0 Å². The molecule has 2 aromatic carbocycles. The van der Waals surface area contributed by atoms with Crippen LogP contribution in [0.15, 0.2) is 30.3 Å². The maximum absolute atomic E-state index is 5.92. The number of rotatable bonds is 0. The Hall–Kier alpha value is -1.02. The summed E-state index contributed by atoms with van der Waals surface area (Å²) in [6.07, 6.45) is 2.35. The molecule has 0 heterocycles. The van der Waals surface area contributed by atoms with Crippen molar-refractivity contribution in [2.75, 3.05) is 5.73 Å². The van der Waals surface area contributed by atoms with E-state index in [1.807, 2.05) is 6.07 Å². The zero-order chi connectivity index (χ0) is 8.84. The number of hydrogen-bond donors (Lipinski definition) is 1. The Kier molecular flexibility index (Phi) is 2.23. The first-order valence-corrected chi connectivity index (χ1v) is 4.65. The zero-order valence-corrected chi connectivity index (χ0v) is 9.50. The Morgan fingerprint density at radius 1 is 0.929 bits per heavy atom. The lowest BCUT2D eigenvalue weighted by atomic mass is 10.0. The summed E-state index contributed by atoms with van der Waals surface area (Å²) in [5, 5.41) is 2.63. The minimum absolute atomic E-state index is 0. The van der Waals surface area contributed by atoms with E-state index in [1.54, 1.807) is 0 Å². The molecule has 1 aliphatic rings. The highest BCUT2D eigenvalue weighted by Gasteiger charge is 2.14. The normalized spacial score (nSPS) is 12.9. The van der Waals surface area contributed by atoms with Gasteiger partial charge >= 0.3 is 0 Å². The molecular formula is C12H12BrN. The van der Waals surface area contributed by atoms with Gasteiger partial charge < -0.3 is 5.73 Å². The van der Waals surface area contributed by atoms with Gasteiger partial charge in [-0.2, -0.15) is 0 Å². The minimum Gasteiger partial charge on any atom is -0.398 e. The second-order valence-corrected chi connectivity index (χ2v) is 3.65. The summed E-state index contributed by atoms with van der Waals surface area (Å²) in [6, 6.07) is 10.6. The van der Waals surface area contributed by atoms with Gasteiger partial charge in [-0.3, -0.25) is 0 Å². The fourth-order valence-electron chi connectivity index (χ4n) is 2.27. The molecule has 0 unspecified atom stereocenters. The predicted octanol–water partition coefficient (Wildman–Crippen LogP) is 3.10. The molecule has 0 spiro atoms. The second kappa shape index (κ2) is 3.28. The van der Waals surface area contributed by atoms with Crippen molar-refractivity contribution < 1.29 is 0 Å². The van der Waals surface area contributed by atoms with Crippen LogP contribution >= 0.6 is 17.0 Å². The highest BCUT2D eigenvalue weighted by molar-refractivity contribution is 8.93. The average molecular weight is 250 g/mol. The Morgan fingerprint density at radius 2 is 1.64 bits per heavy atom. The zero-order valence-electron chi connectivity index (χ0n) is 7.79. The number of aryl methyl sites for hydroxylation is 2. The molecule has 0 fully saturated rings. The Bertz CT molecular complexity index is 481. The summed E-state index contributed by atoms with van der Waals surface area (Å²) in [6.45, 7) is 0. The van der Waals surface area contributed by atoms with E-state index < -0.39 is 0 Å². The van der Waals surface area contributed by atoms with Crippen molar-refractivity contribution in [3.63, 3.8) is 0 Å². The van der Waals surface area contributed by atoms with Crippen molar-refractivity contribution in [3.8, 4) is 0 Å². The number of nitrogens with two attached hydrogens (primary N) is 1. The van der Waals surface area contributed by atoms with Gasteiger partial charge in [-0.15, -0.1) is 17.0 Å². The van der Waals surface area contributed by atoms with Crippen molar-refractivity contribution in [1.29, 1.82) is 0 Å². The van der Waals surface area contributed by atoms with Crippen LogP contribution in [0, 0.1) is 0 Å². The molecule has 0 amide bonds. The van der Waals surface area contributed by atoms with E-state index in [4.69, 9.17) is 5.73 Å². The third kappa shape index (κ3) is 1.14. The fourth-order valence-corrected chi connectivity index (χ4v) is 2.27. The number of halogens is 1. The Balaban J connectivity index is 0.000000750. The molecule has 14 heavy (non-hydrogen) atoms. The van der Waals surface area contributed by atoms with Crippen molar-refractivity contribution in [3.05, 3.63) is 41.5 Å². The number of benzene rings is 2. The van der Waals surface area contributed by atoms with E-state index in [0.717, 1.165) is 5.69 Å². The molecule has 0 saturated heterocycles. The van der Waals surface area contributed by atoms with Crippen LogP contribution in [0.2, 0.25) is 0 Å². The van der Waals surface area contributed by atoms with Crippen LogP contribution in [-0.4, -0.2) is 0 Å². The summed E-state index contributed by atoms with van der Waals surface area (Å²) in [4.78, 5) is 0. The molecule has 0 aromatic heterocycles. The number of anilines is 1. The monoisotopic (exact) mass is 249 g/mol. The quantitative estimate of drug-likeness (QED) is 0.714. The largest absolute Gasteiger partial charge is 0.398 e. The molecule has 2 heteroatoms. The lowest BCUT2D eigenvalue weighted by Gasteiger charge is -2.03. The molecule has 1 nitrogen and oxygen atoms in total. The molecular weight excluding hydrogens is 238 g/mol. The summed E-state index contributed by atoms with van der Waals surface area (Å²) in [7, 11) is 0. The molecule has 0 radical (unpaired) electrons. The van der Waals surface area contributed by atoms with Gasteiger partial charge in [0.2, 0.25) is 0 Å². The van der Waals surface area contributed by atoms with Crippen LogP contribution in [0.4, 0.5) is 5.69 Å². The van der Waals surface area contributed by atoms with Crippen LogP contribution in [0.5, 0.6) is 0 Å². The van der Waals surface area contributed by atoms with Gasteiger partial charge in [0, 0.05) is 11.1 Å². The summed E-state index contributed by atoms with van der Waals surface area (Å²) >= 11 is 0. The smallest absolute Gasteiger partial charge is 0.0394 e. The first-order valence-electron chi connectivity index (χ1n) is 4.65. The van der Waals surface area contributed by atoms with Gasteiger partial charge in [0.1, 0.15) is 0 Å².